The van der Waals surface area contributed by atoms with E-state index in [2.05, 4.69) is 106 Å². The van der Waals surface area contributed by atoms with E-state index < -0.39 is 0 Å². The molecule has 4 radical (unpaired) electrons. The number of carbonyl (C=O) groups excluding carboxylic acids is 3. The number of aromatic nitrogens is 4. The first kappa shape index (κ1) is 76.3. The Kier molecular flexibility index (Phi) is 35.8. The number of thiophene rings is 1. The van der Waals surface area contributed by atoms with E-state index in [4.69, 9.17) is 10.2 Å². The van der Waals surface area contributed by atoms with Crippen LogP contribution in [0.5, 0.6) is 0 Å². The standard InChI is InChI=1S/3C15H10N.C13H8NS.C6H9O.2C5H8O2.4Ir/c1-2-7-13(8-3-1)15-14-9-5-4-6-12(14)10-11-16-15;2*1-2-6-12(7-3-1)15-11-10-13-8-4-5-9-14(13)16-15;1-2-7-12-10(5-1)9-13(15-12)11-6-3-4-8-14-11;1-5(2)4-6(3)7;2*1-4(6)3-5(2)7;;;;/h1-7,9-11H;2*1-6,8-11H;1-8H;4H,1H2,2-3H3;2*3,6H,1-2H3;;;;/q5*-1;;;;;;. The molecular weight excluding hydrogens is 1830 g/mol. The SMILES string of the molecule is CC(=O)C=C(C)O.CC(=O)C=C(C)O.[CH2-]C(C)=CC(C)=O.[Ir].[Ir].[Ir].[Ir].[c-]1c(-c2ccccn2)sc2ccccc12.[c-]1ccccc1-c1ccc2ccccc2n1.[c-]1ccccc1-c1ccc2ccccc2n1.[c-]1ccccc1-c1nccc2ccccc12. The van der Waals surface area contributed by atoms with Gasteiger partial charge in [-0.05, 0) is 107 Å². The number of nitrogens with zero attached hydrogens (tertiary/aromatic N) is 4. The Morgan fingerprint density at radius 2 is 0.875 bits per heavy atom. The summed E-state index contributed by atoms with van der Waals surface area (Å²) >= 11 is 1.73. The summed E-state index contributed by atoms with van der Waals surface area (Å²) in [4.78, 5) is 49.3. The van der Waals surface area contributed by atoms with Gasteiger partial charge in [0.05, 0.1) is 28.3 Å². The van der Waals surface area contributed by atoms with Gasteiger partial charge in [-0.25, -0.2) is 23.8 Å². The van der Waals surface area contributed by atoms with E-state index in [1.807, 2.05) is 176 Å². The zero-order chi connectivity index (χ0) is 60.1. The summed E-state index contributed by atoms with van der Waals surface area (Å²) in [6.45, 7) is 12.5. The zero-order valence-electron chi connectivity index (χ0n) is 49.0. The molecule has 0 saturated heterocycles. The molecule has 456 valence electrons. The second kappa shape index (κ2) is 41.4. The third kappa shape index (κ3) is 26.7. The number of pyridine rings is 4. The van der Waals surface area contributed by atoms with Gasteiger partial charge in [-0.15, -0.1) is 131 Å². The largest absolute Gasteiger partial charge is 0.512 e. The van der Waals surface area contributed by atoms with Crippen LogP contribution in [0.1, 0.15) is 41.5 Å². The number of aliphatic hydroxyl groups excluding tert-OH is 2. The maximum absolute atomic E-state index is 10.1. The van der Waals surface area contributed by atoms with Gasteiger partial charge < -0.3 is 25.0 Å². The molecule has 9 nitrogen and oxygen atoms in total. The molecule has 0 aliphatic rings. The van der Waals surface area contributed by atoms with E-state index in [9.17, 15) is 14.4 Å². The minimum atomic E-state index is -0.125. The number of benzene rings is 7. The summed E-state index contributed by atoms with van der Waals surface area (Å²) in [6, 6.07) is 85.7. The van der Waals surface area contributed by atoms with Crippen LogP contribution in [0.3, 0.4) is 0 Å². The van der Waals surface area contributed by atoms with E-state index in [0.717, 1.165) is 60.9 Å². The minimum Gasteiger partial charge on any atom is -0.512 e. The van der Waals surface area contributed by atoms with Gasteiger partial charge in [0.25, 0.3) is 0 Å². The van der Waals surface area contributed by atoms with Crippen molar-refractivity contribution in [1.82, 2.24) is 19.9 Å². The Hall–Kier alpha value is -7.82. The molecule has 0 aliphatic heterocycles. The normalized spacial score (nSPS) is 10.3. The van der Waals surface area contributed by atoms with Crippen LogP contribution in [0.25, 0.3) is 87.0 Å². The van der Waals surface area contributed by atoms with Crippen molar-refractivity contribution in [3.05, 3.63) is 297 Å². The molecule has 0 saturated carbocycles. The molecule has 0 spiro atoms. The Morgan fingerprint density at radius 1 is 0.432 bits per heavy atom. The van der Waals surface area contributed by atoms with E-state index in [1.54, 1.807) is 18.3 Å². The fraction of sp³-hybridized carbons (Fsp3) is 0.0811. The third-order valence-electron chi connectivity index (χ3n) is 11.3. The maximum Gasteiger partial charge on any atom is 0.155 e. The van der Waals surface area contributed by atoms with Gasteiger partial charge in [-0.2, -0.15) is 6.08 Å². The first-order valence-electron chi connectivity index (χ1n) is 26.7. The number of allylic oxidation sites excluding steroid dienone is 6. The molecule has 14 heteroatoms. The molecule has 0 aliphatic carbocycles. The van der Waals surface area contributed by atoms with Gasteiger partial charge in [0, 0.05) is 111 Å². The van der Waals surface area contributed by atoms with Crippen LogP contribution in [0.4, 0.5) is 0 Å². The van der Waals surface area contributed by atoms with E-state index in [-0.39, 0.29) is 109 Å². The summed E-state index contributed by atoms with van der Waals surface area (Å²) < 4.78 is 1.26. The number of hydrogen-bond donors (Lipinski definition) is 2. The van der Waals surface area contributed by atoms with Crippen molar-refractivity contribution in [2.45, 2.75) is 41.5 Å². The van der Waals surface area contributed by atoms with Crippen LogP contribution in [0.2, 0.25) is 0 Å². The molecule has 0 fully saturated rings. The molecule has 12 rings (SSSR count). The van der Waals surface area contributed by atoms with Crippen LogP contribution in [0.15, 0.2) is 266 Å². The number of ketones is 3. The maximum atomic E-state index is 10.1. The molecule has 88 heavy (non-hydrogen) atoms. The van der Waals surface area contributed by atoms with Crippen molar-refractivity contribution in [2.24, 2.45) is 0 Å². The Balaban J connectivity index is 0.000000358. The number of rotatable bonds is 7. The van der Waals surface area contributed by atoms with Gasteiger partial charge in [-0.3, -0.25) is 19.6 Å². The van der Waals surface area contributed by atoms with Gasteiger partial charge in [0.2, 0.25) is 0 Å². The average Bonchev–Trinajstić information content (AvgIpc) is 2.38. The van der Waals surface area contributed by atoms with Crippen molar-refractivity contribution >= 4 is 71.4 Å². The van der Waals surface area contributed by atoms with Crippen molar-refractivity contribution in [3.8, 4) is 44.3 Å². The summed E-state index contributed by atoms with van der Waals surface area (Å²) in [7, 11) is 0. The van der Waals surface area contributed by atoms with Gasteiger partial charge in [-0.1, -0.05) is 116 Å². The number of carbonyl (C=O) groups is 3. The van der Waals surface area contributed by atoms with Crippen molar-refractivity contribution < 1.29 is 105 Å². The van der Waals surface area contributed by atoms with Gasteiger partial charge in [0.1, 0.15) is 0 Å². The number of hydrogen-bond acceptors (Lipinski definition) is 10. The average molecular weight is 1890 g/mol. The van der Waals surface area contributed by atoms with Crippen LogP contribution >= 0.6 is 11.3 Å². The molecule has 7 aromatic carbocycles. The fourth-order valence-corrected chi connectivity index (χ4v) is 8.86. The second-order valence-electron chi connectivity index (χ2n) is 18.6. The van der Waals surface area contributed by atoms with Crippen LogP contribution < -0.4 is 0 Å². The summed E-state index contributed by atoms with van der Waals surface area (Å²) in [5, 5.41) is 22.6. The van der Waals surface area contributed by atoms with Crippen LogP contribution in [0, 0.1) is 31.2 Å². The Morgan fingerprint density at radius 3 is 1.30 bits per heavy atom. The second-order valence-corrected chi connectivity index (χ2v) is 19.7. The summed E-state index contributed by atoms with van der Waals surface area (Å²) in [6.07, 6.45) is 7.49. The Labute approximate surface area is 574 Å². The van der Waals surface area contributed by atoms with Crippen LogP contribution in [-0.4, -0.2) is 47.5 Å². The first-order valence-corrected chi connectivity index (χ1v) is 27.5. The topological polar surface area (TPSA) is 143 Å². The quantitative estimate of drug-likeness (QED) is 0.0905. The van der Waals surface area contributed by atoms with Crippen molar-refractivity contribution in [1.29, 1.82) is 0 Å². The monoisotopic (exact) mass is 1890 g/mol. The summed E-state index contributed by atoms with van der Waals surface area (Å²) in [5.41, 5.74) is 9.92. The molecule has 5 heterocycles. The minimum absolute atomic E-state index is 0. The first-order chi connectivity index (χ1) is 40.6. The van der Waals surface area contributed by atoms with E-state index >= 15 is 0 Å². The van der Waals surface area contributed by atoms with Gasteiger partial charge in [0.15, 0.2) is 11.6 Å². The van der Waals surface area contributed by atoms with E-state index in [0.29, 0.717) is 0 Å². The smallest absolute Gasteiger partial charge is 0.155 e. The van der Waals surface area contributed by atoms with E-state index in [1.165, 1.54) is 84.5 Å². The molecule has 5 aromatic heterocycles. The fourth-order valence-electron chi connectivity index (χ4n) is 7.88. The number of aliphatic hydroxyl groups is 2. The molecule has 0 atom stereocenters. The predicted octanol–water partition coefficient (Wildman–Crippen LogP) is 18.3. The van der Waals surface area contributed by atoms with Crippen molar-refractivity contribution in [3.63, 3.8) is 0 Å². The Bertz CT molecular complexity index is 3910. The summed E-state index contributed by atoms with van der Waals surface area (Å²) in [5.74, 6) is -0.0625. The molecule has 0 unspecified atom stereocenters. The third-order valence-corrected chi connectivity index (χ3v) is 12.4. The predicted molar refractivity (Wildman–Crippen MR) is 346 cm³/mol. The van der Waals surface area contributed by atoms with Crippen molar-refractivity contribution in [2.75, 3.05) is 0 Å². The molecule has 12 aromatic rings. The zero-order valence-corrected chi connectivity index (χ0v) is 59.4. The van der Waals surface area contributed by atoms with Gasteiger partial charge >= 0.3 is 0 Å². The van der Waals surface area contributed by atoms with Crippen LogP contribution in [-0.2, 0) is 94.8 Å². The number of fused-ring (bicyclic) bond motifs is 4. The number of para-hydroxylation sites is 2. The molecule has 2 N–H and O–H groups in total. The molecule has 0 bridgehead atoms. The molecule has 0 amide bonds. The molecular formula is C74H63Ir4N4O5S-5.